The topological polar surface area (TPSA) is 47.6 Å². The summed E-state index contributed by atoms with van der Waals surface area (Å²) in [6.45, 7) is 14.4. The van der Waals surface area contributed by atoms with Gasteiger partial charge < -0.3 is 14.6 Å². The van der Waals surface area contributed by atoms with E-state index in [0.717, 1.165) is 28.9 Å². The third-order valence-electron chi connectivity index (χ3n) is 6.27. The van der Waals surface area contributed by atoms with Crippen LogP contribution in [0, 0.1) is 6.92 Å². The lowest BCUT2D eigenvalue weighted by Gasteiger charge is -2.32. The number of carbonyl (C=O) groups is 1. The molecule has 168 valence electrons. The summed E-state index contributed by atoms with van der Waals surface area (Å²) in [6.07, 6.45) is 3.53. The number of hydrogen-bond donors (Lipinski definition) is 1. The summed E-state index contributed by atoms with van der Waals surface area (Å²) < 4.78 is 12.2. The predicted molar refractivity (Wildman–Crippen MR) is 132 cm³/mol. The first kappa shape index (κ1) is 25.2. The molecule has 0 bridgehead atoms. The molecule has 4 nitrogen and oxygen atoms in total. The average molecular weight is 423 g/mol. The summed E-state index contributed by atoms with van der Waals surface area (Å²) in [5, 5.41) is 3.19. The third-order valence-corrected chi connectivity index (χ3v) is 6.27. The van der Waals surface area contributed by atoms with Crippen molar-refractivity contribution < 1.29 is 14.1 Å². The van der Waals surface area contributed by atoms with E-state index in [1.54, 1.807) is 0 Å². The Bertz CT molecular complexity index is 841. The fourth-order valence-electron chi connectivity index (χ4n) is 3.41. The minimum atomic E-state index is -0.292. The molecule has 1 saturated heterocycles. The zero-order valence-electron chi connectivity index (χ0n) is 20.4. The molecular weight excluding hydrogens is 385 g/mol. The van der Waals surface area contributed by atoms with E-state index in [9.17, 15) is 4.79 Å². The highest BCUT2D eigenvalue weighted by molar-refractivity contribution is 6.62. The summed E-state index contributed by atoms with van der Waals surface area (Å²) in [5.41, 5.74) is 4.96. The first-order chi connectivity index (χ1) is 14.7. The van der Waals surface area contributed by atoms with Crippen molar-refractivity contribution >= 4 is 24.6 Å². The van der Waals surface area contributed by atoms with Gasteiger partial charge in [-0.25, -0.2) is 0 Å². The zero-order chi connectivity index (χ0) is 23.2. The molecule has 0 aromatic heterocycles. The van der Waals surface area contributed by atoms with Gasteiger partial charge in [0.2, 0.25) is 0 Å². The molecule has 1 N–H and O–H groups in total. The minimum absolute atomic E-state index is 0.289. The Labute approximate surface area is 188 Å². The molecule has 0 spiro atoms. The largest absolute Gasteiger partial charge is 0.495 e. The van der Waals surface area contributed by atoms with Crippen LogP contribution in [0.1, 0.15) is 81.8 Å². The predicted octanol–water partition coefficient (Wildman–Crippen LogP) is 5.74. The highest BCUT2D eigenvalue weighted by atomic mass is 16.7. The molecule has 31 heavy (non-hydrogen) atoms. The highest BCUT2D eigenvalue weighted by Crippen LogP contribution is 2.39. The summed E-state index contributed by atoms with van der Waals surface area (Å²) in [7, 11) is 1.64. The number of nitrogens with one attached hydrogen (secondary N) is 1. The van der Waals surface area contributed by atoms with Crippen molar-refractivity contribution in [2.45, 2.75) is 78.4 Å². The smallest absolute Gasteiger partial charge is 0.399 e. The van der Waals surface area contributed by atoms with Crippen LogP contribution in [0.25, 0.3) is 0 Å². The summed E-state index contributed by atoms with van der Waals surface area (Å²) in [6, 6.07) is 14.0. The van der Waals surface area contributed by atoms with E-state index in [4.69, 9.17) is 9.31 Å². The van der Waals surface area contributed by atoms with Gasteiger partial charge in [-0.3, -0.25) is 4.79 Å². The van der Waals surface area contributed by atoms with E-state index in [1.165, 1.54) is 24.0 Å². The number of aldehydes is 1. The van der Waals surface area contributed by atoms with Gasteiger partial charge in [-0.2, -0.15) is 0 Å². The van der Waals surface area contributed by atoms with Crippen molar-refractivity contribution in [3.05, 3.63) is 59.2 Å². The van der Waals surface area contributed by atoms with Crippen molar-refractivity contribution in [2.75, 3.05) is 12.4 Å². The quantitative estimate of drug-likeness (QED) is 0.503. The summed E-state index contributed by atoms with van der Waals surface area (Å²) in [5.74, 6) is 0.788. The molecular formula is C26H38BNO3. The fraction of sp³-hybridized carbons (Fsp3) is 0.500. The van der Waals surface area contributed by atoms with Crippen LogP contribution in [0.5, 0.6) is 0 Å². The van der Waals surface area contributed by atoms with Gasteiger partial charge in [0.05, 0.1) is 11.2 Å². The molecule has 0 radical (unpaired) electrons. The van der Waals surface area contributed by atoms with Gasteiger partial charge in [0, 0.05) is 18.3 Å². The van der Waals surface area contributed by atoms with E-state index in [0.29, 0.717) is 0 Å². The Hall–Kier alpha value is -2.11. The van der Waals surface area contributed by atoms with E-state index in [2.05, 4.69) is 64.2 Å². The third kappa shape index (κ3) is 5.99. The van der Waals surface area contributed by atoms with E-state index in [1.807, 2.05) is 39.1 Å². The van der Waals surface area contributed by atoms with Crippen molar-refractivity contribution in [3.63, 3.8) is 0 Å². The SMILES string of the molecule is CC.CNc1cccc(B2OC(C)(C)C(C)(C)O2)c1C.O=Cc1ccc(C2CC2)cc1. The molecule has 2 fully saturated rings. The number of carbonyl (C=O) groups excluding carboxylic acids is 1. The summed E-state index contributed by atoms with van der Waals surface area (Å²) >= 11 is 0. The molecule has 1 saturated carbocycles. The number of hydrogen-bond acceptors (Lipinski definition) is 4. The van der Waals surface area contributed by atoms with E-state index >= 15 is 0 Å². The lowest BCUT2D eigenvalue weighted by Crippen LogP contribution is -2.41. The molecule has 1 aliphatic heterocycles. The first-order valence-electron chi connectivity index (χ1n) is 11.4. The van der Waals surface area contributed by atoms with Crippen LogP contribution < -0.4 is 10.8 Å². The van der Waals surface area contributed by atoms with Gasteiger partial charge >= 0.3 is 7.12 Å². The Balaban J connectivity index is 0.000000224. The Morgan fingerprint density at radius 3 is 1.97 bits per heavy atom. The molecule has 0 amide bonds. The van der Waals surface area contributed by atoms with Gasteiger partial charge in [0.25, 0.3) is 0 Å². The highest BCUT2D eigenvalue weighted by Gasteiger charge is 2.52. The molecule has 2 aliphatic rings. The van der Waals surface area contributed by atoms with Gasteiger partial charge in [-0.1, -0.05) is 50.2 Å². The van der Waals surface area contributed by atoms with Crippen LogP contribution in [0.4, 0.5) is 5.69 Å². The second kappa shape index (κ2) is 10.5. The first-order valence-corrected chi connectivity index (χ1v) is 11.4. The second-order valence-electron chi connectivity index (χ2n) is 8.92. The zero-order valence-corrected chi connectivity index (χ0v) is 20.4. The minimum Gasteiger partial charge on any atom is -0.399 e. The Morgan fingerprint density at radius 1 is 0.968 bits per heavy atom. The lowest BCUT2D eigenvalue weighted by molar-refractivity contribution is 0.00578. The van der Waals surface area contributed by atoms with Crippen LogP contribution >= 0.6 is 0 Å². The maximum atomic E-state index is 10.3. The fourth-order valence-corrected chi connectivity index (χ4v) is 3.41. The molecule has 1 aliphatic carbocycles. The maximum Gasteiger partial charge on any atom is 0.495 e. The Morgan fingerprint density at radius 2 is 1.52 bits per heavy atom. The summed E-state index contributed by atoms with van der Waals surface area (Å²) in [4.78, 5) is 10.3. The number of anilines is 1. The normalized spacial score (nSPS) is 18.3. The molecule has 0 unspecified atom stereocenters. The molecule has 4 rings (SSSR count). The molecule has 5 heteroatoms. The van der Waals surface area contributed by atoms with Gasteiger partial charge in [0.1, 0.15) is 6.29 Å². The average Bonchev–Trinajstić information content (AvgIpc) is 3.57. The standard InChI is InChI=1S/C14H22BNO2.C10H10O.C2H6/c1-10-11(8-7-9-12(10)16-6)15-17-13(2,3)14(4,5)18-15;11-7-8-1-3-9(4-2-8)10-5-6-10;1-2/h7-9,16H,1-6H3;1-4,7,10H,5-6H2;1-2H3. The van der Waals surface area contributed by atoms with Crippen molar-refractivity contribution in [1.29, 1.82) is 0 Å². The Kier molecular flexibility index (Phi) is 8.50. The number of benzene rings is 2. The van der Waals surface area contributed by atoms with E-state index in [-0.39, 0.29) is 18.3 Å². The van der Waals surface area contributed by atoms with Gasteiger partial charge in [-0.05, 0) is 76.0 Å². The second-order valence-corrected chi connectivity index (χ2v) is 8.92. The van der Waals surface area contributed by atoms with Crippen molar-refractivity contribution in [3.8, 4) is 0 Å². The van der Waals surface area contributed by atoms with Crippen LogP contribution in [-0.2, 0) is 9.31 Å². The van der Waals surface area contributed by atoms with Gasteiger partial charge in [-0.15, -0.1) is 0 Å². The van der Waals surface area contributed by atoms with E-state index < -0.39 is 0 Å². The number of rotatable bonds is 4. The molecule has 1 heterocycles. The van der Waals surface area contributed by atoms with Crippen LogP contribution in [-0.4, -0.2) is 31.7 Å². The van der Waals surface area contributed by atoms with Gasteiger partial charge in [0.15, 0.2) is 0 Å². The lowest BCUT2D eigenvalue weighted by atomic mass is 9.76. The van der Waals surface area contributed by atoms with Crippen LogP contribution in [0.15, 0.2) is 42.5 Å². The molecule has 2 aromatic rings. The van der Waals surface area contributed by atoms with Crippen molar-refractivity contribution in [1.82, 2.24) is 0 Å². The van der Waals surface area contributed by atoms with Crippen molar-refractivity contribution in [2.24, 2.45) is 0 Å². The van der Waals surface area contributed by atoms with Crippen LogP contribution in [0.2, 0.25) is 0 Å². The van der Waals surface area contributed by atoms with Crippen LogP contribution in [0.3, 0.4) is 0 Å². The molecule has 2 aromatic carbocycles. The monoisotopic (exact) mass is 423 g/mol. The molecule has 0 atom stereocenters. The maximum absolute atomic E-state index is 10.3.